The van der Waals surface area contributed by atoms with Gasteiger partial charge in [-0.3, -0.25) is 4.79 Å². The predicted molar refractivity (Wildman–Crippen MR) is 67.4 cm³/mol. The van der Waals surface area contributed by atoms with Crippen LogP contribution in [0.3, 0.4) is 0 Å². The van der Waals surface area contributed by atoms with Gasteiger partial charge in [0, 0.05) is 18.7 Å². The summed E-state index contributed by atoms with van der Waals surface area (Å²) in [7, 11) is 0. The molecule has 4 heteroatoms. The van der Waals surface area contributed by atoms with E-state index in [1.807, 2.05) is 0 Å². The van der Waals surface area contributed by atoms with E-state index in [9.17, 15) is 9.59 Å². The summed E-state index contributed by atoms with van der Waals surface area (Å²) in [6.07, 6.45) is 3.86. The lowest BCUT2D eigenvalue weighted by Gasteiger charge is -2.25. The van der Waals surface area contributed by atoms with E-state index in [1.165, 1.54) is 6.42 Å². The smallest absolute Gasteiger partial charge is 0.410 e. The van der Waals surface area contributed by atoms with Crippen LogP contribution in [0.2, 0.25) is 0 Å². The summed E-state index contributed by atoms with van der Waals surface area (Å²) in [4.78, 5) is 24.0. The number of amides is 1. The highest BCUT2D eigenvalue weighted by Crippen LogP contribution is 2.11. The molecule has 1 saturated heterocycles. The van der Waals surface area contributed by atoms with Crippen molar-refractivity contribution in [3.05, 3.63) is 35.4 Å². The molecule has 0 aliphatic carbocycles. The third-order valence-electron chi connectivity index (χ3n) is 3.09. The molecule has 96 valence electrons. The minimum atomic E-state index is -0.242. The topological polar surface area (TPSA) is 46.6 Å². The normalized spacial score (nSPS) is 15.2. The summed E-state index contributed by atoms with van der Waals surface area (Å²) in [5.41, 5.74) is 1.52. The molecule has 1 amide bonds. The van der Waals surface area contributed by atoms with Gasteiger partial charge >= 0.3 is 6.09 Å². The highest BCUT2D eigenvalue weighted by atomic mass is 16.6. The Hall–Kier alpha value is -1.84. The number of hydrogen-bond acceptors (Lipinski definition) is 3. The van der Waals surface area contributed by atoms with Gasteiger partial charge in [-0.05, 0) is 24.8 Å². The molecule has 0 bridgehead atoms. The Morgan fingerprint density at radius 3 is 2.44 bits per heavy atom. The van der Waals surface area contributed by atoms with Crippen molar-refractivity contribution in [2.45, 2.75) is 25.9 Å². The fraction of sp³-hybridized carbons (Fsp3) is 0.429. The van der Waals surface area contributed by atoms with Gasteiger partial charge in [0.2, 0.25) is 0 Å². The van der Waals surface area contributed by atoms with E-state index in [0.717, 1.165) is 37.8 Å². The minimum absolute atomic E-state index is 0.242. The Balaban J connectivity index is 1.82. The fourth-order valence-corrected chi connectivity index (χ4v) is 2.01. The molecule has 1 aliphatic heterocycles. The summed E-state index contributed by atoms with van der Waals surface area (Å²) >= 11 is 0. The van der Waals surface area contributed by atoms with Gasteiger partial charge in [-0.15, -0.1) is 0 Å². The van der Waals surface area contributed by atoms with E-state index in [2.05, 4.69) is 0 Å². The average Bonchev–Trinajstić information content (AvgIpc) is 2.46. The molecular weight excluding hydrogens is 230 g/mol. The first kappa shape index (κ1) is 12.6. The summed E-state index contributed by atoms with van der Waals surface area (Å²) in [6, 6.07) is 7.04. The van der Waals surface area contributed by atoms with Crippen LogP contribution >= 0.6 is 0 Å². The number of aldehydes is 1. The van der Waals surface area contributed by atoms with Crippen LogP contribution in [0.4, 0.5) is 4.79 Å². The molecule has 18 heavy (non-hydrogen) atoms. The van der Waals surface area contributed by atoms with Crippen LogP contribution in [0.15, 0.2) is 24.3 Å². The molecule has 1 heterocycles. The molecule has 0 aromatic heterocycles. The van der Waals surface area contributed by atoms with Crippen molar-refractivity contribution in [3.63, 3.8) is 0 Å². The molecule has 0 radical (unpaired) electrons. The quantitative estimate of drug-likeness (QED) is 0.771. The standard InChI is InChI=1S/C14H17NO3/c16-10-12-4-6-13(7-5-12)11-18-14(17)15-8-2-1-3-9-15/h4-7,10H,1-3,8-9,11H2. The lowest BCUT2D eigenvalue weighted by atomic mass is 10.1. The molecule has 1 aromatic rings. The maximum absolute atomic E-state index is 11.7. The molecule has 0 saturated carbocycles. The van der Waals surface area contributed by atoms with Gasteiger partial charge in [0.05, 0.1) is 0 Å². The molecular formula is C14H17NO3. The summed E-state index contributed by atoms with van der Waals surface area (Å²) in [6.45, 7) is 1.85. The molecule has 0 spiro atoms. The van der Waals surface area contributed by atoms with E-state index in [1.54, 1.807) is 29.2 Å². The van der Waals surface area contributed by atoms with E-state index < -0.39 is 0 Å². The van der Waals surface area contributed by atoms with Crippen LogP contribution in [-0.2, 0) is 11.3 Å². The van der Waals surface area contributed by atoms with Crippen molar-refractivity contribution >= 4 is 12.4 Å². The van der Waals surface area contributed by atoms with Crippen molar-refractivity contribution in [1.82, 2.24) is 4.90 Å². The number of ether oxygens (including phenoxy) is 1. The number of rotatable bonds is 3. The van der Waals surface area contributed by atoms with Crippen LogP contribution in [-0.4, -0.2) is 30.4 Å². The van der Waals surface area contributed by atoms with Crippen molar-refractivity contribution in [2.75, 3.05) is 13.1 Å². The zero-order valence-corrected chi connectivity index (χ0v) is 10.3. The Morgan fingerprint density at radius 1 is 1.17 bits per heavy atom. The number of likely N-dealkylation sites (tertiary alicyclic amines) is 1. The molecule has 1 aliphatic rings. The van der Waals surface area contributed by atoms with Crippen molar-refractivity contribution in [2.24, 2.45) is 0 Å². The Bertz CT molecular complexity index is 408. The number of carbonyl (C=O) groups excluding carboxylic acids is 2. The molecule has 1 aromatic carbocycles. The molecule has 0 N–H and O–H groups in total. The zero-order valence-electron chi connectivity index (χ0n) is 10.3. The maximum Gasteiger partial charge on any atom is 0.410 e. The highest BCUT2D eigenvalue weighted by Gasteiger charge is 2.17. The molecule has 0 unspecified atom stereocenters. The number of hydrogen-bond donors (Lipinski definition) is 0. The third kappa shape index (κ3) is 3.32. The summed E-state index contributed by atoms with van der Waals surface area (Å²) in [5, 5.41) is 0. The first-order valence-corrected chi connectivity index (χ1v) is 6.25. The zero-order chi connectivity index (χ0) is 12.8. The number of carbonyl (C=O) groups is 2. The van der Waals surface area contributed by atoms with Gasteiger partial charge in [0.25, 0.3) is 0 Å². The van der Waals surface area contributed by atoms with Crippen molar-refractivity contribution in [1.29, 1.82) is 0 Å². The largest absolute Gasteiger partial charge is 0.445 e. The number of piperidine rings is 1. The van der Waals surface area contributed by atoms with Gasteiger partial charge in [0.15, 0.2) is 0 Å². The summed E-state index contributed by atoms with van der Waals surface area (Å²) in [5.74, 6) is 0. The van der Waals surface area contributed by atoms with E-state index in [-0.39, 0.29) is 12.7 Å². The van der Waals surface area contributed by atoms with Gasteiger partial charge < -0.3 is 9.64 Å². The monoisotopic (exact) mass is 247 g/mol. The average molecular weight is 247 g/mol. The van der Waals surface area contributed by atoms with E-state index >= 15 is 0 Å². The van der Waals surface area contributed by atoms with Crippen LogP contribution in [0, 0.1) is 0 Å². The second-order valence-corrected chi connectivity index (χ2v) is 4.46. The third-order valence-corrected chi connectivity index (χ3v) is 3.09. The molecule has 1 fully saturated rings. The number of benzene rings is 1. The minimum Gasteiger partial charge on any atom is -0.445 e. The van der Waals surface area contributed by atoms with Crippen LogP contribution in [0.25, 0.3) is 0 Å². The van der Waals surface area contributed by atoms with Crippen molar-refractivity contribution in [3.8, 4) is 0 Å². The van der Waals surface area contributed by atoms with Crippen LogP contribution in [0.5, 0.6) is 0 Å². The highest BCUT2D eigenvalue weighted by molar-refractivity contribution is 5.74. The SMILES string of the molecule is O=Cc1ccc(COC(=O)N2CCCCC2)cc1. The van der Waals surface area contributed by atoms with Crippen LogP contribution < -0.4 is 0 Å². The van der Waals surface area contributed by atoms with Gasteiger partial charge in [-0.1, -0.05) is 24.3 Å². The van der Waals surface area contributed by atoms with Gasteiger partial charge in [0.1, 0.15) is 12.9 Å². The lowest BCUT2D eigenvalue weighted by Crippen LogP contribution is -2.35. The van der Waals surface area contributed by atoms with Crippen molar-refractivity contribution < 1.29 is 14.3 Å². The molecule has 2 rings (SSSR count). The first-order chi connectivity index (χ1) is 8.79. The Morgan fingerprint density at radius 2 is 1.83 bits per heavy atom. The number of nitrogens with zero attached hydrogens (tertiary/aromatic N) is 1. The fourth-order valence-electron chi connectivity index (χ4n) is 2.01. The van der Waals surface area contributed by atoms with Crippen LogP contribution in [0.1, 0.15) is 35.2 Å². The second-order valence-electron chi connectivity index (χ2n) is 4.46. The predicted octanol–water partition coefficient (Wildman–Crippen LogP) is 2.62. The Labute approximate surface area is 107 Å². The summed E-state index contributed by atoms with van der Waals surface area (Å²) < 4.78 is 5.24. The van der Waals surface area contributed by atoms with Gasteiger partial charge in [-0.2, -0.15) is 0 Å². The maximum atomic E-state index is 11.7. The molecule has 4 nitrogen and oxygen atoms in total. The van der Waals surface area contributed by atoms with E-state index in [0.29, 0.717) is 5.56 Å². The lowest BCUT2D eigenvalue weighted by molar-refractivity contribution is 0.0894. The molecule has 0 atom stereocenters. The second kappa shape index (κ2) is 6.19. The van der Waals surface area contributed by atoms with E-state index in [4.69, 9.17) is 4.74 Å². The Kier molecular flexibility index (Phi) is 4.34. The first-order valence-electron chi connectivity index (χ1n) is 6.25. The van der Waals surface area contributed by atoms with Gasteiger partial charge in [-0.25, -0.2) is 4.79 Å².